The van der Waals surface area contributed by atoms with Crippen LogP contribution in [0.5, 0.6) is 0 Å². The van der Waals surface area contributed by atoms with Gasteiger partial charge in [-0.15, -0.1) is 11.6 Å². The maximum absolute atomic E-state index is 12.0. The Labute approximate surface area is 130 Å². The number of nitrogens with one attached hydrogen (secondary N) is 1. The number of rotatable bonds is 6. The van der Waals surface area contributed by atoms with E-state index in [4.69, 9.17) is 11.6 Å². The predicted molar refractivity (Wildman–Crippen MR) is 88.1 cm³/mol. The lowest BCUT2D eigenvalue weighted by Gasteiger charge is -2.11. The van der Waals surface area contributed by atoms with Gasteiger partial charge in [0.1, 0.15) is 0 Å². The lowest BCUT2D eigenvalue weighted by atomic mass is 10.2. The van der Waals surface area contributed by atoms with Gasteiger partial charge in [-0.2, -0.15) is 0 Å². The molecule has 2 aromatic carbocycles. The average Bonchev–Trinajstić information content (AvgIpc) is 2.48. The third-order valence-electron chi connectivity index (χ3n) is 3.13. The maximum Gasteiger partial charge on any atom is 0.178 e. The van der Waals surface area contributed by atoms with Crippen LogP contribution < -0.4 is 5.32 Å². The van der Waals surface area contributed by atoms with Gasteiger partial charge >= 0.3 is 0 Å². The normalized spacial score (nSPS) is 11.3. The quantitative estimate of drug-likeness (QED) is 0.804. The number of anilines is 2. The van der Waals surface area contributed by atoms with Crippen LogP contribution in [-0.2, 0) is 15.7 Å². The van der Waals surface area contributed by atoms with Crippen molar-refractivity contribution in [1.82, 2.24) is 0 Å². The first-order valence-electron chi connectivity index (χ1n) is 6.80. The van der Waals surface area contributed by atoms with E-state index in [9.17, 15) is 8.42 Å². The summed E-state index contributed by atoms with van der Waals surface area (Å²) < 4.78 is 23.9. The van der Waals surface area contributed by atoms with Crippen molar-refractivity contribution in [3.05, 3.63) is 54.1 Å². The summed E-state index contributed by atoms with van der Waals surface area (Å²) in [4.78, 5) is 0.362. The van der Waals surface area contributed by atoms with Crippen molar-refractivity contribution in [3.63, 3.8) is 0 Å². The number of hydrogen-bond donors (Lipinski definition) is 1. The highest BCUT2D eigenvalue weighted by molar-refractivity contribution is 7.91. The Kier molecular flexibility index (Phi) is 5.26. The topological polar surface area (TPSA) is 46.2 Å². The predicted octanol–water partition coefficient (Wildman–Crippen LogP) is 4.35. The third-order valence-corrected chi connectivity index (χ3v) is 5.35. The molecule has 0 unspecified atom stereocenters. The molecule has 0 saturated carbocycles. The fraction of sp³-hybridized carbons (Fsp3) is 0.250. The highest BCUT2D eigenvalue weighted by Gasteiger charge is 2.12. The monoisotopic (exact) mass is 323 g/mol. The largest absolute Gasteiger partial charge is 0.355 e. The van der Waals surface area contributed by atoms with E-state index in [1.54, 1.807) is 24.3 Å². The number of hydrogen-bond acceptors (Lipinski definition) is 3. The fourth-order valence-corrected chi connectivity index (χ4v) is 3.60. The van der Waals surface area contributed by atoms with E-state index in [0.29, 0.717) is 17.2 Å². The number of para-hydroxylation sites is 1. The summed E-state index contributed by atoms with van der Waals surface area (Å²) in [6, 6.07) is 14.6. The SMILES string of the molecule is CCCS(=O)(=O)c1ccc(Nc2ccccc2CCl)cc1. The summed E-state index contributed by atoms with van der Waals surface area (Å²) in [6.45, 7) is 1.86. The second-order valence-corrected chi connectivity index (χ2v) is 7.14. The van der Waals surface area contributed by atoms with Gasteiger partial charge in [-0.05, 0) is 42.3 Å². The van der Waals surface area contributed by atoms with Crippen LogP contribution in [0.4, 0.5) is 11.4 Å². The Morgan fingerprint density at radius 3 is 2.33 bits per heavy atom. The molecule has 0 radical (unpaired) electrons. The summed E-state index contributed by atoms with van der Waals surface area (Å²) >= 11 is 5.90. The molecule has 112 valence electrons. The van der Waals surface area contributed by atoms with Crippen molar-refractivity contribution in [2.75, 3.05) is 11.1 Å². The molecule has 0 fully saturated rings. The van der Waals surface area contributed by atoms with Crippen molar-refractivity contribution in [2.24, 2.45) is 0 Å². The van der Waals surface area contributed by atoms with Crippen molar-refractivity contribution >= 4 is 32.8 Å². The number of alkyl halides is 1. The molecule has 5 heteroatoms. The van der Waals surface area contributed by atoms with Crippen LogP contribution in [0, 0.1) is 0 Å². The Bertz CT molecular complexity index is 696. The first-order chi connectivity index (χ1) is 10.1. The molecule has 1 N–H and O–H groups in total. The van der Waals surface area contributed by atoms with Crippen LogP contribution >= 0.6 is 11.6 Å². The Morgan fingerprint density at radius 1 is 1.05 bits per heavy atom. The zero-order valence-corrected chi connectivity index (χ0v) is 13.4. The molecule has 0 aliphatic carbocycles. The smallest absolute Gasteiger partial charge is 0.178 e. The molecule has 0 bridgehead atoms. The minimum Gasteiger partial charge on any atom is -0.355 e. The first kappa shape index (κ1) is 15.9. The molecular weight excluding hydrogens is 306 g/mol. The number of halogens is 1. The van der Waals surface area contributed by atoms with Crippen molar-refractivity contribution in [2.45, 2.75) is 24.1 Å². The molecule has 0 spiro atoms. The summed E-state index contributed by atoms with van der Waals surface area (Å²) in [5, 5.41) is 3.25. The van der Waals surface area contributed by atoms with Crippen LogP contribution in [0.1, 0.15) is 18.9 Å². The van der Waals surface area contributed by atoms with Gasteiger partial charge in [-0.3, -0.25) is 0 Å². The Morgan fingerprint density at radius 2 is 1.71 bits per heavy atom. The molecule has 3 nitrogen and oxygen atoms in total. The lowest BCUT2D eigenvalue weighted by Crippen LogP contribution is -2.05. The van der Waals surface area contributed by atoms with Gasteiger partial charge in [0.05, 0.1) is 10.6 Å². The fourth-order valence-electron chi connectivity index (χ4n) is 2.05. The molecule has 0 aliphatic rings. The minimum absolute atomic E-state index is 0.175. The van der Waals surface area contributed by atoms with E-state index in [-0.39, 0.29) is 5.75 Å². The van der Waals surface area contributed by atoms with Gasteiger partial charge < -0.3 is 5.32 Å². The van der Waals surface area contributed by atoms with E-state index >= 15 is 0 Å². The molecule has 0 saturated heterocycles. The van der Waals surface area contributed by atoms with Gasteiger partial charge in [0.15, 0.2) is 9.84 Å². The molecule has 2 rings (SSSR count). The van der Waals surface area contributed by atoms with Gasteiger partial charge in [-0.25, -0.2) is 8.42 Å². The Hall–Kier alpha value is -1.52. The van der Waals surface area contributed by atoms with E-state index in [1.165, 1.54) is 0 Å². The minimum atomic E-state index is -3.16. The van der Waals surface area contributed by atoms with Crippen LogP contribution in [0.15, 0.2) is 53.4 Å². The van der Waals surface area contributed by atoms with Crippen LogP contribution in [-0.4, -0.2) is 14.2 Å². The zero-order valence-electron chi connectivity index (χ0n) is 11.8. The van der Waals surface area contributed by atoms with E-state index in [2.05, 4.69) is 5.32 Å². The standard InChI is InChI=1S/C16H18ClNO2S/c1-2-11-21(19,20)15-9-7-14(8-10-15)18-16-6-4-3-5-13(16)12-17/h3-10,18H,2,11-12H2,1H3. The highest BCUT2D eigenvalue weighted by atomic mass is 35.5. The summed E-state index contributed by atoms with van der Waals surface area (Å²) in [7, 11) is -3.16. The molecule has 0 aromatic heterocycles. The van der Waals surface area contributed by atoms with Gasteiger partial charge in [0, 0.05) is 17.3 Å². The number of sulfone groups is 1. The maximum atomic E-state index is 12.0. The third kappa shape index (κ3) is 3.99. The molecule has 0 atom stereocenters. The van der Waals surface area contributed by atoms with E-state index in [1.807, 2.05) is 31.2 Å². The van der Waals surface area contributed by atoms with Crippen molar-refractivity contribution in [3.8, 4) is 0 Å². The highest BCUT2D eigenvalue weighted by Crippen LogP contribution is 2.23. The van der Waals surface area contributed by atoms with Crippen LogP contribution in [0.3, 0.4) is 0 Å². The number of benzene rings is 2. The van der Waals surface area contributed by atoms with Gasteiger partial charge in [0.25, 0.3) is 0 Å². The Balaban J connectivity index is 2.20. The average molecular weight is 324 g/mol. The second kappa shape index (κ2) is 6.96. The lowest BCUT2D eigenvalue weighted by molar-refractivity contribution is 0.595. The first-order valence-corrected chi connectivity index (χ1v) is 8.99. The van der Waals surface area contributed by atoms with Gasteiger partial charge in [-0.1, -0.05) is 25.1 Å². The molecule has 21 heavy (non-hydrogen) atoms. The van der Waals surface area contributed by atoms with Crippen LogP contribution in [0.25, 0.3) is 0 Å². The van der Waals surface area contributed by atoms with Crippen LogP contribution in [0.2, 0.25) is 0 Å². The van der Waals surface area contributed by atoms with E-state index in [0.717, 1.165) is 16.9 Å². The van der Waals surface area contributed by atoms with Gasteiger partial charge in [0.2, 0.25) is 0 Å². The summed E-state index contributed by atoms with van der Waals surface area (Å²) in [6.07, 6.45) is 0.617. The zero-order chi connectivity index (χ0) is 15.3. The van der Waals surface area contributed by atoms with E-state index < -0.39 is 9.84 Å². The summed E-state index contributed by atoms with van der Waals surface area (Å²) in [5.74, 6) is 0.598. The second-order valence-electron chi connectivity index (χ2n) is 4.76. The van der Waals surface area contributed by atoms with Crippen molar-refractivity contribution < 1.29 is 8.42 Å². The summed E-state index contributed by atoms with van der Waals surface area (Å²) in [5.41, 5.74) is 2.77. The molecular formula is C16H18ClNO2S. The molecule has 0 aliphatic heterocycles. The van der Waals surface area contributed by atoms with Crippen molar-refractivity contribution in [1.29, 1.82) is 0 Å². The molecule has 0 heterocycles. The molecule has 0 amide bonds. The molecule has 2 aromatic rings.